The van der Waals surface area contributed by atoms with E-state index >= 15 is 0 Å². The highest BCUT2D eigenvalue weighted by Crippen LogP contribution is 2.16. The standard InChI is InChI=1S/C16H26N4O/c1-12(2)18-9-14-8-15(21-13(14)3)10-19(4)11-16-17-6-7-20(16)5/h6-8,12,18H,9-11H2,1-5H3. The summed E-state index contributed by atoms with van der Waals surface area (Å²) in [4.78, 5) is 6.56. The smallest absolute Gasteiger partial charge is 0.122 e. The third kappa shape index (κ3) is 4.44. The number of furan rings is 1. The van der Waals surface area contributed by atoms with Crippen LogP contribution in [0, 0.1) is 6.92 Å². The molecule has 0 amide bonds. The molecule has 0 aliphatic heterocycles. The lowest BCUT2D eigenvalue weighted by atomic mass is 10.2. The predicted molar refractivity (Wildman–Crippen MR) is 83.8 cm³/mol. The van der Waals surface area contributed by atoms with E-state index in [0.29, 0.717) is 6.04 Å². The van der Waals surface area contributed by atoms with Crippen LogP contribution in [-0.2, 0) is 26.7 Å². The Morgan fingerprint density at radius 1 is 1.38 bits per heavy atom. The average Bonchev–Trinajstić information content (AvgIpc) is 2.94. The number of nitrogens with zero attached hydrogens (tertiary/aromatic N) is 3. The summed E-state index contributed by atoms with van der Waals surface area (Å²) in [5.74, 6) is 3.07. The fourth-order valence-corrected chi connectivity index (χ4v) is 2.27. The molecule has 2 aromatic rings. The van der Waals surface area contributed by atoms with Crippen molar-refractivity contribution >= 4 is 0 Å². The first kappa shape index (κ1) is 15.8. The second-order valence-electron chi connectivity index (χ2n) is 5.96. The van der Waals surface area contributed by atoms with Crippen LogP contribution in [0.4, 0.5) is 0 Å². The third-order valence-electron chi connectivity index (χ3n) is 3.53. The van der Waals surface area contributed by atoms with Gasteiger partial charge in [-0.05, 0) is 20.0 Å². The number of imidazole rings is 1. The zero-order valence-electron chi connectivity index (χ0n) is 13.7. The van der Waals surface area contributed by atoms with E-state index in [4.69, 9.17) is 4.42 Å². The van der Waals surface area contributed by atoms with E-state index < -0.39 is 0 Å². The molecule has 0 bridgehead atoms. The van der Waals surface area contributed by atoms with Crippen LogP contribution in [0.5, 0.6) is 0 Å². The van der Waals surface area contributed by atoms with Gasteiger partial charge in [-0.1, -0.05) is 13.8 Å². The van der Waals surface area contributed by atoms with Gasteiger partial charge in [0.15, 0.2) is 0 Å². The van der Waals surface area contributed by atoms with E-state index in [0.717, 1.165) is 37.0 Å². The topological polar surface area (TPSA) is 46.2 Å². The van der Waals surface area contributed by atoms with Gasteiger partial charge in [0, 0.05) is 37.6 Å². The minimum atomic E-state index is 0.480. The van der Waals surface area contributed by atoms with Crippen molar-refractivity contribution in [2.24, 2.45) is 7.05 Å². The molecule has 5 heteroatoms. The Kier molecular flexibility index (Phi) is 5.20. The Bertz CT molecular complexity index is 571. The predicted octanol–water partition coefficient (Wildman–Crippen LogP) is 2.45. The van der Waals surface area contributed by atoms with E-state index in [1.54, 1.807) is 0 Å². The van der Waals surface area contributed by atoms with Crippen LogP contribution in [0.3, 0.4) is 0 Å². The van der Waals surface area contributed by atoms with E-state index in [2.05, 4.69) is 42.2 Å². The normalized spacial score (nSPS) is 11.8. The average molecular weight is 290 g/mol. The van der Waals surface area contributed by atoms with Crippen molar-refractivity contribution in [2.75, 3.05) is 7.05 Å². The summed E-state index contributed by atoms with van der Waals surface area (Å²) in [5, 5.41) is 3.43. The minimum Gasteiger partial charge on any atom is -0.465 e. The first-order valence-corrected chi connectivity index (χ1v) is 7.42. The van der Waals surface area contributed by atoms with E-state index in [-0.39, 0.29) is 0 Å². The molecular formula is C16H26N4O. The molecule has 0 unspecified atom stereocenters. The molecule has 2 rings (SSSR count). The number of hydrogen-bond acceptors (Lipinski definition) is 4. The van der Waals surface area contributed by atoms with Gasteiger partial charge in [0.05, 0.1) is 13.1 Å². The molecule has 5 nitrogen and oxygen atoms in total. The van der Waals surface area contributed by atoms with Gasteiger partial charge in [0.1, 0.15) is 17.3 Å². The number of rotatable bonds is 7. The summed E-state index contributed by atoms with van der Waals surface area (Å²) in [5.41, 5.74) is 1.24. The summed E-state index contributed by atoms with van der Waals surface area (Å²) in [7, 11) is 4.10. The number of hydrogen-bond donors (Lipinski definition) is 1. The zero-order chi connectivity index (χ0) is 15.4. The first-order valence-electron chi connectivity index (χ1n) is 7.42. The molecule has 0 fully saturated rings. The number of aryl methyl sites for hydroxylation is 2. The van der Waals surface area contributed by atoms with Crippen molar-refractivity contribution < 1.29 is 4.42 Å². The second kappa shape index (κ2) is 6.91. The SMILES string of the molecule is Cc1oc(CN(C)Cc2nccn2C)cc1CNC(C)C. The molecule has 0 aliphatic rings. The molecular weight excluding hydrogens is 264 g/mol. The molecule has 116 valence electrons. The highest BCUT2D eigenvalue weighted by Gasteiger charge is 2.11. The van der Waals surface area contributed by atoms with Gasteiger partial charge in [-0.25, -0.2) is 4.98 Å². The van der Waals surface area contributed by atoms with Gasteiger partial charge in [-0.3, -0.25) is 4.90 Å². The summed E-state index contributed by atoms with van der Waals surface area (Å²) in [6.07, 6.45) is 3.80. The molecule has 1 N–H and O–H groups in total. The van der Waals surface area contributed by atoms with Gasteiger partial charge in [-0.15, -0.1) is 0 Å². The van der Waals surface area contributed by atoms with Crippen LogP contribution < -0.4 is 5.32 Å². The highest BCUT2D eigenvalue weighted by atomic mass is 16.3. The van der Waals surface area contributed by atoms with Crippen molar-refractivity contribution in [1.29, 1.82) is 0 Å². The molecule has 2 aromatic heterocycles. The van der Waals surface area contributed by atoms with E-state index in [9.17, 15) is 0 Å². The molecule has 0 atom stereocenters. The lowest BCUT2D eigenvalue weighted by Gasteiger charge is -2.14. The Balaban J connectivity index is 1.93. The van der Waals surface area contributed by atoms with Crippen LogP contribution >= 0.6 is 0 Å². The van der Waals surface area contributed by atoms with Gasteiger partial charge < -0.3 is 14.3 Å². The molecule has 0 saturated heterocycles. The molecule has 0 aliphatic carbocycles. The van der Waals surface area contributed by atoms with E-state index in [1.165, 1.54) is 5.56 Å². The molecule has 21 heavy (non-hydrogen) atoms. The van der Waals surface area contributed by atoms with Crippen molar-refractivity contribution in [3.8, 4) is 0 Å². The monoisotopic (exact) mass is 290 g/mol. The van der Waals surface area contributed by atoms with Gasteiger partial charge >= 0.3 is 0 Å². The Hall–Kier alpha value is -1.59. The molecule has 0 spiro atoms. The summed E-state index contributed by atoms with van der Waals surface area (Å²) in [6, 6.07) is 2.63. The van der Waals surface area contributed by atoms with Gasteiger partial charge in [0.2, 0.25) is 0 Å². The molecule has 2 heterocycles. The molecule has 0 aromatic carbocycles. The Labute approximate surface area is 127 Å². The fraction of sp³-hybridized carbons (Fsp3) is 0.562. The minimum absolute atomic E-state index is 0.480. The van der Waals surface area contributed by atoms with Gasteiger partial charge in [0.25, 0.3) is 0 Å². The molecule has 0 saturated carbocycles. The maximum atomic E-state index is 5.86. The van der Waals surface area contributed by atoms with E-state index in [1.807, 2.05) is 30.9 Å². The highest BCUT2D eigenvalue weighted by molar-refractivity contribution is 5.20. The van der Waals surface area contributed by atoms with Crippen LogP contribution in [-0.4, -0.2) is 27.5 Å². The van der Waals surface area contributed by atoms with Crippen molar-refractivity contribution in [3.05, 3.63) is 41.4 Å². The van der Waals surface area contributed by atoms with Crippen molar-refractivity contribution in [3.63, 3.8) is 0 Å². The van der Waals surface area contributed by atoms with Crippen LogP contribution in [0.25, 0.3) is 0 Å². The number of aromatic nitrogens is 2. The third-order valence-corrected chi connectivity index (χ3v) is 3.53. The van der Waals surface area contributed by atoms with Crippen LogP contribution in [0.15, 0.2) is 22.9 Å². The molecule has 0 radical (unpaired) electrons. The lowest BCUT2D eigenvalue weighted by molar-refractivity contribution is 0.276. The Morgan fingerprint density at radius 2 is 2.14 bits per heavy atom. The van der Waals surface area contributed by atoms with Gasteiger partial charge in [-0.2, -0.15) is 0 Å². The Morgan fingerprint density at radius 3 is 2.76 bits per heavy atom. The van der Waals surface area contributed by atoms with Crippen molar-refractivity contribution in [2.45, 2.75) is 46.4 Å². The quantitative estimate of drug-likeness (QED) is 0.851. The first-order chi connectivity index (χ1) is 9.95. The fourth-order valence-electron chi connectivity index (χ4n) is 2.27. The summed E-state index contributed by atoms with van der Waals surface area (Å²) >= 11 is 0. The van der Waals surface area contributed by atoms with Crippen LogP contribution in [0.1, 0.15) is 36.8 Å². The summed E-state index contributed by atoms with van der Waals surface area (Å²) in [6.45, 7) is 8.78. The second-order valence-corrected chi connectivity index (χ2v) is 5.96. The lowest BCUT2D eigenvalue weighted by Crippen LogP contribution is -2.22. The largest absolute Gasteiger partial charge is 0.465 e. The maximum absolute atomic E-state index is 5.86. The maximum Gasteiger partial charge on any atom is 0.122 e. The van der Waals surface area contributed by atoms with Crippen LogP contribution in [0.2, 0.25) is 0 Å². The zero-order valence-corrected chi connectivity index (χ0v) is 13.7. The van der Waals surface area contributed by atoms with Crippen molar-refractivity contribution in [1.82, 2.24) is 19.8 Å². The summed E-state index contributed by atoms with van der Waals surface area (Å²) < 4.78 is 7.90. The number of nitrogens with one attached hydrogen (secondary N) is 1.